The smallest absolute Gasteiger partial charge is 0.232 e. The third kappa shape index (κ3) is 4.98. The average molecular weight is 413 g/mol. The van der Waals surface area contributed by atoms with Gasteiger partial charge in [0.1, 0.15) is 11.5 Å². The first-order valence-electron chi connectivity index (χ1n) is 10.0. The molecule has 1 aromatic carbocycles. The third-order valence-electron chi connectivity index (χ3n) is 4.76. The van der Waals surface area contributed by atoms with Crippen molar-refractivity contribution in [2.75, 3.05) is 24.5 Å². The summed E-state index contributed by atoms with van der Waals surface area (Å²) in [5, 5.41) is 8.36. The Balaban J connectivity index is 2.00. The standard InChI is InChI=1S/C22H28N4O2S/c1-4-23-22(29)26(15-18-13-10-14-27-18)16-19-20(17-11-8-7-9-12-17)24-28-21(19)25(5-2)6-3/h7-14H,4-6,15-16H2,1-3H3,(H,23,29). The van der Waals surface area contributed by atoms with Crippen molar-refractivity contribution in [2.24, 2.45) is 0 Å². The van der Waals surface area contributed by atoms with Crippen LogP contribution < -0.4 is 10.2 Å². The summed E-state index contributed by atoms with van der Waals surface area (Å²) in [6, 6.07) is 14.0. The Morgan fingerprint density at radius 1 is 1.03 bits per heavy atom. The zero-order valence-corrected chi connectivity index (χ0v) is 18.0. The molecule has 0 spiro atoms. The minimum Gasteiger partial charge on any atom is -0.467 e. The second kappa shape index (κ2) is 10.1. The molecule has 2 heterocycles. The second-order valence-electron chi connectivity index (χ2n) is 6.62. The summed E-state index contributed by atoms with van der Waals surface area (Å²) in [5.74, 6) is 1.64. The molecule has 3 aromatic rings. The van der Waals surface area contributed by atoms with Crippen molar-refractivity contribution in [3.63, 3.8) is 0 Å². The lowest BCUT2D eigenvalue weighted by Crippen LogP contribution is -2.39. The topological polar surface area (TPSA) is 57.7 Å². The molecule has 0 aliphatic rings. The number of hydrogen-bond acceptors (Lipinski definition) is 5. The minimum absolute atomic E-state index is 0.562. The molecule has 0 saturated carbocycles. The van der Waals surface area contributed by atoms with Gasteiger partial charge >= 0.3 is 0 Å². The van der Waals surface area contributed by atoms with Crippen LogP contribution >= 0.6 is 12.2 Å². The molecule has 7 heteroatoms. The Bertz CT molecular complexity index is 889. The second-order valence-corrected chi connectivity index (χ2v) is 7.01. The van der Waals surface area contributed by atoms with Crippen LogP contribution in [0.1, 0.15) is 32.1 Å². The van der Waals surface area contributed by atoms with Crippen molar-refractivity contribution in [3.05, 3.63) is 60.1 Å². The van der Waals surface area contributed by atoms with Gasteiger partial charge in [0.25, 0.3) is 0 Å². The van der Waals surface area contributed by atoms with Crippen LogP contribution in [0, 0.1) is 0 Å². The zero-order valence-electron chi connectivity index (χ0n) is 17.2. The molecule has 6 nitrogen and oxygen atoms in total. The molecule has 0 fully saturated rings. The number of aromatic nitrogens is 1. The number of anilines is 1. The molecule has 0 aliphatic heterocycles. The number of nitrogens with zero attached hydrogens (tertiary/aromatic N) is 3. The van der Waals surface area contributed by atoms with E-state index in [9.17, 15) is 0 Å². The van der Waals surface area contributed by atoms with Gasteiger partial charge in [-0.05, 0) is 45.1 Å². The minimum atomic E-state index is 0.562. The Morgan fingerprint density at radius 3 is 2.41 bits per heavy atom. The van der Waals surface area contributed by atoms with Crippen LogP contribution in [0.4, 0.5) is 5.88 Å². The fourth-order valence-corrected chi connectivity index (χ4v) is 3.54. The summed E-state index contributed by atoms with van der Waals surface area (Å²) in [4.78, 5) is 4.26. The number of rotatable bonds is 9. The van der Waals surface area contributed by atoms with Crippen molar-refractivity contribution < 1.29 is 8.94 Å². The monoisotopic (exact) mass is 412 g/mol. The zero-order chi connectivity index (χ0) is 20.6. The van der Waals surface area contributed by atoms with Crippen molar-refractivity contribution in [3.8, 4) is 11.3 Å². The molecule has 0 bridgehead atoms. The van der Waals surface area contributed by atoms with E-state index in [0.29, 0.717) is 18.2 Å². The molecule has 0 aliphatic carbocycles. The third-order valence-corrected chi connectivity index (χ3v) is 5.16. The van der Waals surface area contributed by atoms with Gasteiger partial charge in [-0.25, -0.2) is 0 Å². The Labute approximate surface area is 177 Å². The number of furan rings is 1. The normalized spacial score (nSPS) is 10.7. The maximum Gasteiger partial charge on any atom is 0.232 e. The fraction of sp³-hybridized carbons (Fsp3) is 0.364. The van der Waals surface area contributed by atoms with Gasteiger partial charge in [-0.2, -0.15) is 0 Å². The Morgan fingerprint density at radius 2 is 1.79 bits per heavy atom. The van der Waals surface area contributed by atoms with Crippen LogP contribution in [0.2, 0.25) is 0 Å². The predicted octanol–water partition coefficient (Wildman–Crippen LogP) is 4.68. The molecule has 0 unspecified atom stereocenters. The summed E-state index contributed by atoms with van der Waals surface area (Å²) in [6.45, 7) is 9.82. The lowest BCUT2D eigenvalue weighted by atomic mass is 10.1. The van der Waals surface area contributed by atoms with E-state index in [4.69, 9.17) is 21.2 Å². The number of nitrogens with one attached hydrogen (secondary N) is 1. The molecule has 3 rings (SSSR count). The highest BCUT2D eigenvalue weighted by Crippen LogP contribution is 2.32. The summed E-state index contributed by atoms with van der Waals surface area (Å²) < 4.78 is 11.4. The Kier molecular flexibility index (Phi) is 7.30. The van der Waals surface area contributed by atoms with Gasteiger partial charge in [-0.15, -0.1) is 0 Å². The van der Waals surface area contributed by atoms with Crippen LogP contribution in [0.5, 0.6) is 0 Å². The molecule has 0 radical (unpaired) electrons. The van der Waals surface area contributed by atoms with Gasteiger partial charge in [0.15, 0.2) is 5.11 Å². The van der Waals surface area contributed by atoms with Gasteiger partial charge < -0.3 is 24.1 Å². The van der Waals surface area contributed by atoms with Crippen molar-refractivity contribution in [1.29, 1.82) is 0 Å². The molecule has 0 saturated heterocycles. The van der Waals surface area contributed by atoms with E-state index in [1.165, 1.54) is 0 Å². The molecule has 0 atom stereocenters. The van der Waals surface area contributed by atoms with Crippen LogP contribution in [0.15, 0.2) is 57.7 Å². The lowest BCUT2D eigenvalue weighted by molar-refractivity contribution is 0.350. The molecule has 2 aromatic heterocycles. The molecular weight excluding hydrogens is 384 g/mol. The number of benzene rings is 1. The largest absolute Gasteiger partial charge is 0.467 e. The van der Waals surface area contributed by atoms with Gasteiger partial charge in [-0.3, -0.25) is 0 Å². The molecule has 29 heavy (non-hydrogen) atoms. The summed E-state index contributed by atoms with van der Waals surface area (Å²) in [6.07, 6.45) is 1.68. The Hall–Kier alpha value is -2.80. The van der Waals surface area contributed by atoms with Crippen molar-refractivity contribution in [2.45, 2.75) is 33.9 Å². The van der Waals surface area contributed by atoms with Crippen LogP contribution in [-0.4, -0.2) is 34.8 Å². The van der Waals surface area contributed by atoms with Gasteiger partial charge in [0.2, 0.25) is 5.88 Å². The van der Waals surface area contributed by atoms with E-state index >= 15 is 0 Å². The van der Waals surface area contributed by atoms with Crippen LogP contribution in [0.3, 0.4) is 0 Å². The summed E-state index contributed by atoms with van der Waals surface area (Å²) in [5.41, 5.74) is 2.89. The highest BCUT2D eigenvalue weighted by atomic mass is 32.1. The number of hydrogen-bond donors (Lipinski definition) is 1. The van der Waals surface area contributed by atoms with E-state index < -0.39 is 0 Å². The van der Waals surface area contributed by atoms with Crippen molar-refractivity contribution >= 4 is 23.2 Å². The maximum atomic E-state index is 5.83. The van der Waals surface area contributed by atoms with E-state index in [-0.39, 0.29) is 0 Å². The predicted molar refractivity (Wildman–Crippen MR) is 120 cm³/mol. The first kappa shape index (κ1) is 20.9. The van der Waals surface area contributed by atoms with E-state index in [0.717, 1.165) is 48.1 Å². The first-order valence-corrected chi connectivity index (χ1v) is 10.4. The van der Waals surface area contributed by atoms with Crippen LogP contribution in [-0.2, 0) is 13.1 Å². The highest BCUT2D eigenvalue weighted by Gasteiger charge is 2.24. The molecule has 0 amide bonds. The molecular formula is C22H28N4O2S. The quantitative estimate of drug-likeness (QED) is 0.512. The first-order chi connectivity index (χ1) is 14.2. The number of thiocarbonyl (C=S) groups is 1. The highest BCUT2D eigenvalue weighted by molar-refractivity contribution is 7.80. The van der Waals surface area contributed by atoms with E-state index in [1.807, 2.05) is 49.4 Å². The van der Waals surface area contributed by atoms with Gasteiger partial charge in [-0.1, -0.05) is 35.5 Å². The summed E-state index contributed by atoms with van der Waals surface area (Å²) in [7, 11) is 0. The van der Waals surface area contributed by atoms with E-state index in [2.05, 4.69) is 34.1 Å². The van der Waals surface area contributed by atoms with E-state index in [1.54, 1.807) is 6.26 Å². The SMILES string of the molecule is CCNC(=S)N(Cc1ccco1)Cc1c(-c2ccccc2)noc1N(CC)CC. The van der Waals surface area contributed by atoms with Gasteiger partial charge in [0.05, 0.1) is 24.9 Å². The van der Waals surface area contributed by atoms with Crippen LogP contribution in [0.25, 0.3) is 11.3 Å². The molecule has 1 N–H and O–H groups in total. The maximum absolute atomic E-state index is 5.83. The molecule has 154 valence electrons. The fourth-order valence-electron chi connectivity index (χ4n) is 3.27. The van der Waals surface area contributed by atoms with Gasteiger partial charge in [0, 0.05) is 25.2 Å². The average Bonchev–Trinajstić information content (AvgIpc) is 3.40. The summed E-state index contributed by atoms with van der Waals surface area (Å²) >= 11 is 5.66. The lowest BCUT2D eigenvalue weighted by Gasteiger charge is -2.26. The van der Waals surface area contributed by atoms with Crippen molar-refractivity contribution in [1.82, 2.24) is 15.4 Å².